The van der Waals surface area contributed by atoms with E-state index in [0.29, 0.717) is 31.1 Å². The van der Waals surface area contributed by atoms with Crippen molar-refractivity contribution in [3.8, 4) is 11.3 Å². The molecule has 172 valence electrons. The molecule has 6 N–H and O–H groups in total. The molecule has 1 aliphatic rings. The molecule has 1 aliphatic heterocycles. The van der Waals surface area contributed by atoms with Crippen LogP contribution in [0.4, 0.5) is 5.82 Å². The summed E-state index contributed by atoms with van der Waals surface area (Å²) in [7, 11) is 0. The highest BCUT2D eigenvalue weighted by Crippen LogP contribution is 2.31. The molecule has 0 aliphatic carbocycles. The number of pyridine rings is 1. The van der Waals surface area contributed by atoms with Gasteiger partial charge in [-0.3, -0.25) is 4.90 Å². The molecular weight excluding hydrogens is 404 g/mol. The number of hydrogen-bond donors (Lipinski definition) is 5. The van der Waals surface area contributed by atoms with Crippen LogP contribution in [0.15, 0.2) is 30.3 Å². The number of nitrogens with two attached hydrogens (primary N) is 1. The molecular formula is C24H34N6O2. The molecule has 0 radical (unpaired) electrons. The topological polar surface area (TPSA) is 127 Å². The standard InChI is InChI=1S/C20H22N6O2.2C2H6/c1-10-22-19-13(6-18(21)25-20(19)23-10)15-5-12-4-11(2-3-14(12)24-15)7-26-8-16(27)17(28)9-26;2*1-2/h2-6,16-17,24,27-28H,7-9H2,1H3,(H3,21,22,23,25);2*1-2H3. The summed E-state index contributed by atoms with van der Waals surface area (Å²) in [6.07, 6.45) is -1.33. The zero-order valence-corrected chi connectivity index (χ0v) is 19.5. The Kier molecular flexibility index (Phi) is 7.50. The van der Waals surface area contributed by atoms with E-state index in [2.05, 4.69) is 49.1 Å². The van der Waals surface area contributed by atoms with Crippen molar-refractivity contribution in [2.45, 2.75) is 53.4 Å². The third-order valence-corrected chi connectivity index (χ3v) is 5.32. The number of benzene rings is 1. The molecule has 3 aromatic heterocycles. The molecule has 1 fully saturated rings. The van der Waals surface area contributed by atoms with Crippen LogP contribution in [0.5, 0.6) is 0 Å². The van der Waals surface area contributed by atoms with E-state index in [4.69, 9.17) is 5.73 Å². The van der Waals surface area contributed by atoms with Crippen LogP contribution in [0.25, 0.3) is 33.3 Å². The molecule has 0 saturated carbocycles. The summed E-state index contributed by atoms with van der Waals surface area (Å²) in [5.74, 6) is 1.22. The van der Waals surface area contributed by atoms with Crippen LogP contribution >= 0.6 is 0 Å². The predicted molar refractivity (Wildman–Crippen MR) is 130 cm³/mol. The van der Waals surface area contributed by atoms with Gasteiger partial charge in [0, 0.05) is 41.8 Å². The maximum atomic E-state index is 9.74. The van der Waals surface area contributed by atoms with E-state index >= 15 is 0 Å². The quantitative estimate of drug-likeness (QED) is 0.333. The van der Waals surface area contributed by atoms with E-state index in [0.717, 1.165) is 39.1 Å². The number of aryl methyl sites for hydroxylation is 1. The number of β-amino-alcohol motifs (C(OH)–C–C–N with tert-alkyl or cyclic N) is 2. The van der Waals surface area contributed by atoms with Gasteiger partial charge in [0.15, 0.2) is 5.65 Å². The van der Waals surface area contributed by atoms with Gasteiger partial charge in [-0.15, -0.1) is 0 Å². The van der Waals surface area contributed by atoms with Crippen LogP contribution in [0, 0.1) is 6.92 Å². The average molecular weight is 439 g/mol. The van der Waals surface area contributed by atoms with Crippen LogP contribution < -0.4 is 5.73 Å². The molecule has 1 aromatic carbocycles. The second kappa shape index (κ2) is 10.1. The Labute approximate surface area is 188 Å². The van der Waals surface area contributed by atoms with Gasteiger partial charge < -0.3 is 25.9 Å². The number of hydrogen-bond acceptors (Lipinski definition) is 6. The Morgan fingerprint density at radius 1 is 1.00 bits per heavy atom. The molecule has 4 heterocycles. The SMILES string of the molecule is CC.CC.Cc1nc2nc(N)cc(-c3cc4cc(CN5CC(O)C(O)C5)ccc4[nH]3)c2[nH]1. The fourth-order valence-corrected chi connectivity index (χ4v) is 4.00. The van der Waals surface area contributed by atoms with Crippen LogP contribution in [0.3, 0.4) is 0 Å². The fraction of sp³-hybridized carbons (Fsp3) is 0.417. The molecule has 8 heteroatoms. The number of nitrogens with zero attached hydrogens (tertiary/aromatic N) is 3. The van der Waals surface area contributed by atoms with Crippen LogP contribution in [-0.2, 0) is 6.54 Å². The first-order chi connectivity index (χ1) is 15.5. The molecule has 8 nitrogen and oxygen atoms in total. The summed E-state index contributed by atoms with van der Waals surface area (Å²) in [6.45, 7) is 11.6. The number of rotatable bonds is 3. The van der Waals surface area contributed by atoms with Gasteiger partial charge in [-0.1, -0.05) is 33.8 Å². The first-order valence-electron chi connectivity index (χ1n) is 11.3. The molecule has 4 aromatic rings. The molecule has 32 heavy (non-hydrogen) atoms. The molecule has 0 bridgehead atoms. The molecule has 2 unspecified atom stereocenters. The van der Waals surface area contributed by atoms with E-state index in [-0.39, 0.29) is 0 Å². The number of likely N-dealkylation sites (tertiary alicyclic amines) is 1. The predicted octanol–water partition coefficient (Wildman–Crippen LogP) is 3.59. The lowest BCUT2D eigenvalue weighted by Gasteiger charge is -2.14. The van der Waals surface area contributed by atoms with E-state index in [1.54, 1.807) is 0 Å². The van der Waals surface area contributed by atoms with Crippen molar-refractivity contribution in [3.63, 3.8) is 0 Å². The van der Waals surface area contributed by atoms with Crippen molar-refractivity contribution in [3.05, 3.63) is 41.7 Å². The normalized spacial score (nSPS) is 18.3. The van der Waals surface area contributed by atoms with Crippen molar-refractivity contribution < 1.29 is 10.2 Å². The van der Waals surface area contributed by atoms with Crippen molar-refractivity contribution in [1.82, 2.24) is 24.8 Å². The summed E-state index contributed by atoms with van der Waals surface area (Å²) in [5.41, 5.74) is 11.5. The monoisotopic (exact) mass is 438 g/mol. The van der Waals surface area contributed by atoms with E-state index in [9.17, 15) is 10.2 Å². The number of nitrogen functional groups attached to an aromatic ring is 1. The Bertz CT molecular complexity index is 1170. The third-order valence-electron chi connectivity index (χ3n) is 5.32. The summed E-state index contributed by atoms with van der Waals surface area (Å²) in [5, 5.41) is 20.6. The summed E-state index contributed by atoms with van der Waals surface area (Å²) in [6, 6.07) is 10.2. The lowest BCUT2D eigenvalue weighted by Crippen LogP contribution is -2.22. The first-order valence-corrected chi connectivity index (χ1v) is 11.3. The minimum absolute atomic E-state index is 0.430. The highest BCUT2D eigenvalue weighted by Gasteiger charge is 2.29. The number of aromatic amines is 2. The molecule has 5 rings (SSSR count). The molecule has 1 saturated heterocycles. The van der Waals surface area contributed by atoms with Gasteiger partial charge in [-0.2, -0.15) is 0 Å². The van der Waals surface area contributed by atoms with Crippen LogP contribution in [0.1, 0.15) is 39.1 Å². The van der Waals surface area contributed by atoms with Gasteiger partial charge in [-0.25, -0.2) is 9.97 Å². The third kappa shape index (κ3) is 4.77. The van der Waals surface area contributed by atoms with Gasteiger partial charge in [0.25, 0.3) is 0 Å². The number of fused-ring (bicyclic) bond motifs is 2. The average Bonchev–Trinajstić information content (AvgIpc) is 3.46. The van der Waals surface area contributed by atoms with E-state index in [1.807, 2.05) is 40.7 Å². The Hall–Kier alpha value is -2.94. The van der Waals surface area contributed by atoms with Gasteiger partial charge in [-0.05, 0) is 36.8 Å². The Morgan fingerprint density at radius 2 is 1.69 bits per heavy atom. The summed E-state index contributed by atoms with van der Waals surface area (Å²) < 4.78 is 0. The van der Waals surface area contributed by atoms with Gasteiger partial charge in [0.05, 0.1) is 17.7 Å². The number of imidazole rings is 1. The number of aromatic nitrogens is 4. The molecule has 0 amide bonds. The van der Waals surface area contributed by atoms with Crippen molar-refractivity contribution >= 4 is 27.9 Å². The Balaban J connectivity index is 0.000000686. The Morgan fingerprint density at radius 3 is 2.38 bits per heavy atom. The number of aliphatic hydroxyl groups is 2. The van der Waals surface area contributed by atoms with Crippen molar-refractivity contribution in [2.75, 3.05) is 18.8 Å². The van der Waals surface area contributed by atoms with Crippen LogP contribution in [0.2, 0.25) is 0 Å². The number of anilines is 1. The lowest BCUT2D eigenvalue weighted by molar-refractivity contribution is 0.0572. The number of nitrogens with one attached hydrogen (secondary N) is 2. The molecule has 0 spiro atoms. The second-order valence-corrected chi connectivity index (χ2v) is 7.55. The second-order valence-electron chi connectivity index (χ2n) is 7.55. The fourth-order valence-electron chi connectivity index (χ4n) is 4.00. The summed E-state index contributed by atoms with van der Waals surface area (Å²) in [4.78, 5) is 17.5. The number of aliphatic hydroxyl groups excluding tert-OH is 2. The van der Waals surface area contributed by atoms with Gasteiger partial charge >= 0.3 is 0 Å². The van der Waals surface area contributed by atoms with E-state index < -0.39 is 12.2 Å². The largest absolute Gasteiger partial charge is 0.389 e. The molecule has 2 atom stereocenters. The minimum Gasteiger partial charge on any atom is -0.389 e. The van der Waals surface area contributed by atoms with Crippen LogP contribution in [-0.4, -0.2) is 60.3 Å². The van der Waals surface area contributed by atoms with Crippen molar-refractivity contribution in [2.24, 2.45) is 0 Å². The first kappa shape index (κ1) is 23.7. The van der Waals surface area contributed by atoms with E-state index in [1.165, 1.54) is 0 Å². The van der Waals surface area contributed by atoms with Crippen molar-refractivity contribution in [1.29, 1.82) is 0 Å². The summed E-state index contributed by atoms with van der Waals surface area (Å²) >= 11 is 0. The highest BCUT2D eigenvalue weighted by molar-refractivity contribution is 5.95. The minimum atomic E-state index is -0.667. The zero-order chi connectivity index (χ0) is 23.4. The lowest BCUT2D eigenvalue weighted by atomic mass is 10.1. The highest BCUT2D eigenvalue weighted by atomic mass is 16.3. The van der Waals surface area contributed by atoms with Gasteiger partial charge in [0.1, 0.15) is 11.6 Å². The number of H-pyrrole nitrogens is 2. The maximum absolute atomic E-state index is 9.74. The zero-order valence-electron chi connectivity index (χ0n) is 19.5. The van der Waals surface area contributed by atoms with Gasteiger partial charge in [0.2, 0.25) is 0 Å². The smallest absolute Gasteiger partial charge is 0.180 e. The maximum Gasteiger partial charge on any atom is 0.180 e.